The molecule has 0 aromatic heterocycles. The SMILES string of the molecule is Cc1ccc(OS(=O)(=O)c2ccccc2Br)c(C=O)c1. The molecule has 0 saturated heterocycles. The molecule has 0 amide bonds. The van der Waals surface area contributed by atoms with Gasteiger partial charge in [-0.15, -0.1) is 0 Å². The standard InChI is InChI=1S/C14H11BrO4S/c1-10-6-7-13(11(8-10)9-16)19-20(17,18)14-5-3-2-4-12(14)15/h2-9H,1H3. The van der Waals surface area contributed by atoms with Gasteiger partial charge in [-0.1, -0.05) is 23.8 Å². The number of carbonyl (C=O) groups is 1. The first kappa shape index (κ1) is 14.7. The Morgan fingerprint density at radius 2 is 1.85 bits per heavy atom. The van der Waals surface area contributed by atoms with Crippen molar-refractivity contribution >= 4 is 32.3 Å². The second-order valence-electron chi connectivity index (χ2n) is 4.13. The fourth-order valence-corrected chi connectivity index (χ4v) is 3.56. The third-order valence-electron chi connectivity index (χ3n) is 2.60. The van der Waals surface area contributed by atoms with Crippen LogP contribution in [0.5, 0.6) is 5.75 Å². The summed E-state index contributed by atoms with van der Waals surface area (Å²) in [5, 5.41) is 0. The molecule has 0 fully saturated rings. The predicted molar refractivity (Wildman–Crippen MR) is 78.5 cm³/mol. The van der Waals surface area contributed by atoms with Gasteiger partial charge in [-0.3, -0.25) is 4.79 Å². The molecule has 0 radical (unpaired) electrons. The van der Waals surface area contributed by atoms with Crippen LogP contribution in [0.3, 0.4) is 0 Å². The molecule has 0 atom stereocenters. The van der Waals surface area contributed by atoms with Gasteiger partial charge in [0.2, 0.25) is 0 Å². The Morgan fingerprint density at radius 3 is 2.50 bits per heavy atom. The number of hydrogen-bond acceptors (Lipinski definition) is 4. The van der Waals surface area contributed by atoms with E-state index in [2.05, 4.69) is 15.9 Å². The Kier molecular flexibility index (Phi) is 4.25. The van der Waals surface area contributed by atoms with Crippen molar-refractivity contribution in [1.82, 2.24) is 0 Å². The molecule has 0 unspecified atom stereocenters. The number of halogens is 1. The summed E-state index contributed by atoms with van der Waals surface area (Å²) in [7, 11) is -4.00. The Bertz CT molecular complexity index is 754. The lowest BCUT2D eigenvalue weighted by Gasteiger charge is -2.10. The molecule has 0 bridgehead atoms. The van der Waals surface area contributed by atoms with E-state index in [-0.39, 0.29) is 16.2 Å². The first-order valence-electron chi connectivity index (χ1n) is 5.69. The molecule has 2 rings (SSSR count). The van der Waals surface area contributed by atoms with Gasteiger partial charge in [0.25, 0.3) is 0 Å². The minimum atomic E-state index is -4.00. The maximum absolute atomic E-state index is 12.2. The van der Waals surface area contributed by atoms with Crippen LogP contribution in [0.4, 0.5) is 0 Å². The zero-order valence-corrected chi connectivity index (χ0v) is 12.9. The molecule has 104 valence electrons. The van der Waals surface area contributed by atoms with E-state index < -0.39 is 10.1 Å². The van der Waals surface area contributed by atoms with E-state index in [1.54, 1.807) is 37.3 Å². The van der Waals surface area contributed by atoms with E-state index in [9.17, 15) is 13.2 Å². The Labute approximate surface area is 125 Å². The van der Waals surface area contributed by atoms with Crippen LogP contribution in [0.1, 0.15) is 15.9 Å². The van der Waals surface area contributed by atoms with Gasteiger partial charge in [0.05, 0.1) is 5.56 Å². The Hall–Kier alpha value is -1.66. The molecule has 4 nitrogen and oxygen atoms in total. The van der Waals surface area contributed by atoms with Crippen molar-refractivity contribution in [3.63, 3.8) is 0 Å². The third-order valence-corrected chi connectivity index (χ3v) is 4.85. The third kappa shape index (κ3) is 3.08. The highest BCUT2D eigenvalue weighted by atomic mass is 79.9. The normalized spacial score (nSPS) is 11.1. The van der Waals surface area contributed by atoms with Crippen LogP contribution in [0.2, 0.25) is 0 Å². The highest BCUT2D eigenvalue weighted by molar-refractivity contribution is 9.10. The van der Waals surface area contributed by atoms with E-state index >= 15 is 0 Å². The van der Waals surface area contributed by atoms with Crippen molar-refractivity contribution < 1.29 is 17.4 Å². The number of carbonyl (C=O) groups excluding carboxylic acids is 1. The fourth-order valence-electron chi connectivity index (χ4n) is 1.65. The first-order chi connectivity index (χ1) is 9.44. The average Bonchev–Trinajstić information content (AvgIpc) is 2.41. The number of aryl methyl sites for hydroxylation is 1. The molecule has 0 aliphatic carbocycles. The summed E-state index contributed by atoms with van der Waals surface area (Å²) >= 11 is 3.16. The minimum Gasteiger partial charge on any atom is -0.378 e. The zero-order chi connectivity index (χ0) is 14.8. The van der Waals surface area contributed by atoms with Gasteiger partial charge < -0.3 is 4.18 Å². The first-order valence-corrected chi connectivity index (χ1v) is 7.89. The molecular weight excluding hydrogens is 344 g/mol. The van der Waals surface area contributed by atoms with Crippen molar-refractivity contribution in [3.8, 4) is 5.75 Å². The summed E-state index contributed by atoms with van der Waals surface area (Å²) in [6, 6.07) is 11.0. The van der Waals surface area contributed by atoms with Gasteiger partial charge in [-0.2, -0.15) is 8.42 Å². The van der Waals surface area contributed by atoms with Crippen LogP contribution in [0, 0.1) is 6.92 Å². The van der Waals surface area contributed by atoms with Crippen molar-refractivity contribution in [1.29, 1.82) is 0 Å². The monoisotopic (exact) mass is 354 g/mol. The number of benzene rings is 2. The fraction of sp³-hybridized carbons (Fsp3) is 0.0714. The van der Waals surface area contributed by atoms with Gasteiger partial charge >= 0.3 is 10.1 Å². The number of rotatable bonds is 4. The zero-order valence-electron chi connectivity index (χ0n) is 10.5. The Morgan fingerprint density at radius 1 is 1.15 bits per heavy atom. The molecule has 0 aliphatic rings. The number of aldehydes is 1. The van der Waals surface area contributed by atoms with Crippen molar-refractivity contribution in [2.45, 2.75) is 11.8 Å². The van der Waals surface area contributed by atoms with E-state index in [1.165, 1.54) is 12.1 Å². The smallest absolute Gasteiger partial charge is 0.340 e. The second-order valence-corrected chi connectivity index (χ2v) is 6.50. The lowest BCUT2D eigenvalue weighted by atomic mass is 10.1. The molecule has 0 saturated carbocycles. The van der Waals surface area contributed by atoms with Gasteiger partial charge in [0, 0.05) is 4.47 Å². The quantitative estimate of drug-likeness (QED) is 0.624. The Balaban J connectivity index is 2.44. The highest BCUT2D eigenvalue weighted by Gasteiger charge is 2.21. The maximum atomic E-state index is 12.2. The minimum absolute atomic E-state index is 0.0115. The maximum Gasteiger partial charge on any atom is 0.340 e. The number of hydrogen-bond donors (Lipinski definition) is 0. The van der Waals surface area contributed by atoms with Crippen LogP contribution in [-0.4, -0.2) is 14.7 Å². The van der Waals surface area contributed by atoms with Crippen LogP contribution in [0.25, 0.3) is 0 Å². The lowest BCUT2D eigenvalue weighted by Crippen LogP contribution is -2.11. The van der Waals surface area contributed by atoms with E-state index in [0.29, 0.717) is 10.8 Å². The molecule has 0 heterocycles. The topological polar surface area (TPSA) is 60.4 Å². The van der Waals surface area contributed by atoms with Crippen molar-refractivity contribution in [2.24, 2.45) is 0 Å². The summed E-state index contributed by atoms with van der Waals surface area (Å²) in [6.45, 7) is 1.80. The molecule has 2 aromatic carbocycles. The largest absolute Gasteiger partial charge is 0.378 e. The summed E-state index contributed by atoms with van der Waals surface area (Å²) in [4.78, 5) is 11.0. The van der Waals surface area contributed by atoms with Gasteiger partial charge in [-0.05, 0) is 47.1 Å². The van der Waals surface area contributed by atoms with Crippen molar-refractivity contribution in [3.05, 3.63) is 58.1 Å². The molecule has 6 heteroatoms. The van der Waals surface area contributed by atoms with E-state index in [1.807, 2.05) is 0 Å². The average molecular weight is 355 g/mol. The van der Waals surface area contributed by atoms with Crippen LogP contribution in [0.15, 0.2) is 51.8 Å². The van der Waals surface area contributed by atoms with Gasteiger partial charge in [-0.25, -0.2) is 0 Å². The molecule has 0 spiro atoms. The second kappa shape index (κ2) is 5.76. The predicted octanol–water partition coefficient (Wildman–Crippen LogP) is 3.34. The molecular formula is C14H11BrO4S. The van der Waals surface area contributed by atoms with E-state index in [0.717, 1.165) is 5.56 Å². The molecule has 2 aromatic rings. The lowest BCUT2D eigenvalue weighted by molar-refractivity contribution is 0.112. The summed E-state index contributed by atoms with van der Waals surface area (Å²) in [5.74, 6) is 0.0151. The summed E-state index contributed by atoms with van der Waals surface area (Å²) in [5.41, 5.74) is 1.04. The molecule has 0 N–H and O–H groups in total. The summed E-state index contributed by atoms with van der Waals surface area (Å²) < 4.78 is 29.9. The van der Waals surface area contributed by atoms with Crippen LogP contribution < -0.4 is 4.18 Å². The van der Waals surface area contributed by atoms with Crippen LogP contribution in [-0.2, 0) is 10.1 Å². The van der Waals surface area contributed by atoms with Gasteiger partial charge in [0.1, 0.15) is 4.90 Å². The van der Waals surface area contributed by atoms with Crippen molar-refractivity contribution in [2.75, 3.05) is 0 Å². The van der Waals surface area contributed by atoms with Crippen LogP contribution >= 0.6 is 15.9 Å². The van der Waals surface area contributed by atoms with Gasteiger partial charge in [0.15, 0.2) is 12.0 Å². The highest BCUT2D eigenvalue weighted by Crippen LogP contribution is 2.27. The molecule has 20 heavy (non-hydrogen) atoms. The summed E-state index contributed by atoms with van der Waals surface area (Å²) in [6.07, 6.45) is 0.567. The van der Waals surface area contributed by atoms with E-state index in [4.69, 9.17) is 4.18 Å². The molecule has 0 aliphatic heterocycles.